The van der Waals surface area contributed by atoms with Crippen LogP contribution in [0.2, 0.25) is 0 Å². The van der Waals surface area contributed by atoms with E-state index < -0.39 is 24.5 Å². The average molecular weight is 356 g/mol. The molecular weight excluding hydrogens is 340 g/mol. The summed E-state index contributed by atoms with van der Waals surface area (Å²) < 4.78 is 2.94. The van der Waals surface area contributed by atoms with Crippen molar-refractivity contribution in [3.63, 3.8) is 0 Å². The normalized spacial score (nSPS) is 11.7. The minimum atomic E-state index is -1.22. The van der Waals surface area contributed by atoms with E-state index in [1.807, 2.05) is 12.1 Å². The van der Waals surface area contributed by atoms with Crippen LogP contribution in [0.15, 0.2) is 55.4 Å². The Morgan fingerprint density at radius 3 is 2.50 bits per heavy atom. The fourth-order valence-electron chi connectivity index (χ4n) is 2.27. The number of nitrogens with one attached hydrogen (secondary N) is 2. The second-order valence-corrected chi connectivity index (χ2v) is 5.35. The smallest absolute Gasteiger partial charge is 0.263 e. The molecule has 1 atom stereocenters. The molecule has 10 nitrogen and oxygen atoms in total. The number of nitrogens with zero attached hydrogens (tertiary/aromatic N) is 4. The number of rotatable bonds is 6. The first-order valence-corrected chi connectivity index (χ1v) is 7.62. The molecule has 3 rings (SSSR count). The summed E-state index contributed by atoms with van der Waals surface area (Å²) in [4.78, 5) is 24.6. The fraction of sp³-hybridized carbons (Fsp3) is 0.125. The maximum atomic E-state index is 12.5. The Morgan fingerprint density at radius 2 is 1.85 bits per heavy atom. The Kier molecular flexibility index (Phi) is 4.94. The van der Waals surface area contributed by atoms with Gasteiger partial charge in [0.2, 0.25) is 0 Å². The summed E-state index contributed by atoms with van der Waals surface area (Å²) >= 11 is 0. The van der Waals surface area contributed by atoms with Gasteiger partial charge in [-0.25, -0.2) is 4.68 Å². The Labute approximate surface area is 147 Å². The molecule has 3 aromatic rings. The van der Waals surface area contributed by atoms with Crippen molar-refractivity contribution in [3.05, 3.63) is 60.9 Å². The number of aromatic hydroxyl groups is 1. The lowest BCUT2D eigenvalue weighted by molar-refractivity contribution is -0.119. The summed E-state index contributed by atoms with van der Waals surface area (Å²) in [6.45, 7) is -0.627. The molecule has 134 valence electrons. The van der Waals surface area contributed by atoms with Crippen LogP contribution < -0.4 is 10.7 Å². The molecule has 4 N–H and O–H groups in total. The van der Waals surface area contributed by atoms with E-state index in [-0.39, 0.29) is 11.3 Å². The van der Waals surface area contributed by atoms with Crippen molar-refractivity contribution in [2.75, 3.05) is 12.0 Å². The van der Waals surface area contributed by atoms with Gasteiger partial charge in [-0.3, -0.25) is 15.0 Å². The average Bonchev–Trinajstić information content (AvgIpc) is 3.33. The number of hydrogen-bond donors (Lipinski definition) is 4. The van der Waals surface area contributed by atoms with Gasteiger partial charge in [0.25, 0.3) is 11.8 Å². The van der Waals surface area contributed by atoms with Crippen LogP contribution in [-0.2, 0) is 4.79 Å². The van der Waals surface area contributed by atoms with Gasteiger partial charge in [0.1, 0.15) is 24.4 Å². The van der Waals surface area contributed by atoms with E-state index in [1.54, 1.807) is 23.0 Å². The third-order valence-electron chi connectivity index (χ3n) is 3.59. The number of aromatic nitrogens is 4. The summed E-state index contributed by atoms with van der Waals surface area (Å²) in [6.07, 6.45) is 6.08. The van der Waals surface area contributed by atoms with E-state index in [2.05, 4.69) is 20.9 Å². The molecule has 1 aromatic carbocycles. The summed E-state index contributed by atoms with van der Waals surface area (Å²) in [5.41, 5.74) is 3.03. The molecule has 0 radical (unpaired) electrons. The SMILES string of the molecule is O=C(N[C@@H](CO)C(=O)Nn1cnnc1)c1cc(-n2cccc2)ccc1O. The van der Waals surface area contributed by atoms with Gasteiger partial charge in [0.15, 0.2) is 0 Å². The third kappa shape index (κ3) is 3.70. The van der Waals surface area contributed by atoms with Crippen LogP contribution in [0.3, 0.4) is 0 Å². The molecule has 0 aliphatic heterocycles. The van der Waals surface area contributed by atoms with Gasteiger partial charge in [-0.2, -0.15) is 0 Å². The monoisotopic (exact) mass is 356 g/mol. The number of amides is 2. The molecule has 0 aliphatic carbocycles. The molecule has 10 heteroatoms. The standard InChI is InChI=1S/C16H16N6O4/c23-8-13(16(26)20-22-9-17-18-10-22)19-15(25)12-7-11(3-4-14(12)24)21-5-1-2-6-21/h1-7,9-10,13,23-24H,8H2,(H,19,25)(H,20,26)/t13-/m0/s1. The van der Waals surface area contributed by atoms with E-state index in [9.17, 15) is 19.8 Å². The number of hydrogen-bond acceptors (Lipinski definition) is 6. The van der Waals surface area contributed by atoms with E-state index >= 15 is 0 Å². The van der Waals surface area contributed by atoms with E-state index in [1.165, 1.54) is 29.5 Å². The Morgan fingerprint density at radius 1 is 1.15 bits per heavy atom. The van der Waals surface area contributed by atoms with Gasteiger partial charge < -0.3 is 20.1 Å². The molecule has 0 spiro atoms. The van der Waals surface area contributed by atoms with E-state index in [0.717, 1.165) is 0 Å². The minimum Gasteiger partial charge on any atom is -0.507 e. The first-order chi connectivity index (χ1) is 12.6. The highest BCUT2D eigenvalue weighted by atomic mass is 16.3. The second-order valence-electron chi connectivity index (χ2n) is 5.35. The predicted octanol–water partition coefficient (Wildman–Crippen LogP) is -0.365. The van der Waals surface area contributed by atoms with E-state index in [0.29, 0.717) is 5.69 Å². The summed E-state index contributed by atoms with van der Waals surface area (Å²) in [7, 11) is 0. The van der Waals surface area contributed by atoms with Crippen molar-refractivity contribution < 1.29 is 19.8 Å². The van der Waals surface area contributed by atoms with Gasteiger partial charge in [0, 0.05) is 18.1 Å². The Hall–Kier alpha value is -3.66. The van der Waals surface area contributed by atoms with Gasteiger partial charge in [0.05, 0.1) is 12.2 Å². The molecule has 26 heavy (non-hydrogen) atoms. The van der Waals surface area contributed by atoms with Crippen LogP contribution in [0.1, 0.15) is 10.4 Å². The van der Waals surface area contributed by atoms with Crippen molar-refractivity contribution in [2.24, 2.45) is 0 Å². The molecule has 0 unspecified atom stereocenters. The molecule has 0 aliphatic rings. The Balaban J connectivity index is 1.75. The first kappa shape index (κ1) is 17.2. The molecular formula is C16H16N6O4. The summed E-state index contributed by atoms with van der Waals surface area (Å²) in [5, 5.41) is 28.8. The molecule has 0 fully saturated rings. The zero-order valence-corrected chi connectivity index (χ0v) is 13.5. The van der Waals surface area contributed by atoms with Crippen LogP contribution in [0.25, 0.3) is 5.69 Å². The number of carbonyl (C=O) groups is 2. The minimum absolute atomic E-state index is 0.0215. The highest BCUT2D eigenvalue weighted by Crippen LogP contribution is 2.21. The largest absolute Gasteiger partial charge is 0.507 e. The van der Waals surface area contributed by atoms with Crippen molar-refractivity contribution in [3.8, 4) is 11.4 Å². The fourth-order valence-corrected chi connectivity index (χ4v) is 2.27. The number of aliphatic hydroxyl groups is 1. The van der Waals surface area contributed by atoms with Crippen molar-refractivity contribution in [2.45, 2.75) is 6.04 Å². The number of phenolic OH excluding ortho intramolecular Hbond substituents is 1. The van der Waals surface area contributed by atoms with Crippen LogP contribution in [0.5, 0.6) is 5.75 Å². The van der Waals surface area contributed by atoms with Gasteiger partial charge in [-0.05, 0) is 30.3 Å². The van der Waals surface area contributed by atoms with Gasteiger partial charge >= 0.3 is 0 Å². The van der Waals surface area contributed by atoms with Crippen molar-refractivity contribution in [1.82, 2.24) is 24.8 Å². The van der Waals surface area contributed by atoms with Gasteiger partial charge in [-0.1, -0.05) is 0 Å². The number of aliphatic hydroxyl groups excluding tert-OH is 1. The van der Waals surface area contributed by atoms with Crippen LogP contribution in [0.4, 0.5) is 0 Å². The van der Waals surface area contributed by atoms with Crippen LogP contribution >= 0.6 is 0 Å². The molecule has 2 aromatic heterocycles. The second kappa shape index (κ2) is 7.49. The maximum Gasteiger partial charge on any atom is 0.263 e. The van der Waals surface area contributed by atoms with Gasteiger partial charge in [-0.15, -0.1) is 10.2 Å². The lowest BCUT2D eigenvalue weighted by Gasteiger charge is -2.17. The van der Waals surface area contributed by atoms with E-state index in [4.69, 9.17) is 0 Å². The molecule has 2 heterocycles. The molecule has 0 bridgehead atoms. The van der Waals surface area contributed by atoms with Crippen LogP contribution in [-0.4, -0.2) is 54.1 Å². The highest BCUT2D eigenvalue weighted by Gasteiger charge is 2.22. The molecule has 0 saturated heterocycles. The third-order valence-corrected chi connectivity index (χ3v) is 3.59. The lowest BCUT2D eigenvalue weighted by atomic mass is 10.1. The van der Waals surface area contributed by atoms with Crippen LogP contribution in [0, 0.1) is 0 Å². The zero-order valence-electron chi connectivity index (χ0n) is 13.5. The van der Waals surface area contributed by atoms with Crippen molar-refractivity contribution in [1.29, 1.82) is 0 Å². The van der Waals surface area contributed by atoms with Crippen molar-refractivity contribution >= 4 is 11.8 Å². The summed E-state index contributed by atoms with van der Waals surface area (Å²) in [5.74, 6) is -1.61. The lowest BCUT2D eigenvalue weighted by Crippen LogP contribution is -2.47. The number of carbonyl (C=O) groups excluding carboxylic acids is 2. The number of benzene rings is 1. The number of phenols is 1. The quantitative estimate of drug-likeness (QED) is 0.476. The highest BCUT2D eigenvalue weighted by molar-refractivity contribution is 6.01. The maximum absolute atomic E-state index is 12.5. The topological polar surface area (TPSA) is 134 Å². The zero-order chi connectivity index (χ0) is 18.5. The predicted molar refractivity (Wildman–Crippen MR) is 90.2 cm³/mol. The molecule has 2 amide bonds. The first-order valence-electron chi connectivity index (χ1n) is 7.62. The summed E-state index contributed by atoms with van der Waals surface area (Å²) in [6, 6.07) is 6.94. The Bertz CT molecular complexity index is 892. The molecule has 0 saturated carbocycles.